The lowest BCUT2D eigenvalue weighted by molar-refractivity contribution is 0.669. The Balaban J connectivity index is 1.05. The van der Waals surface area contributed by atoms with Crippen LogP contribution in [0.15, 0.2) is 205 Å². The quantitative estimate of drug-likeness (QED) is 0.171. The van der Waals surface area contributed by atoms with Gasteiger partial charge in [-0.1, -0.05) is 164 Å². The van der Waals surface area contributed by atoms with Crippen molar-refractivity contribution >= 4 is 43.5 Å². The van der Waals surface area contributed by atoms with Crippen LogP contribution in [-0.2, 0) is 0 Å². The standard InChI is InChI=1S/C53H33N3O/c1-3-10-34(11-4-1)37-18-20-38(21-19-37)42-28-29-46-49(33-42)57-48-17-9-16-47(50(46)48)53-55-51(43-26-23-36-14-7-8-15-40(36)30-43)54-52(56-53)44-27-24-39-22-25-41(31-45(39)32-44)35-12-5-2-6-13-35/h1-33H. The van der Waals surface area contributed by atoms with Crippen LogP contribution in [0.25, 0.3) is 111 Å². The van der Waals surface area contributed by atoms with Crippen molar-refractivity contribution < 1.29 is 4.42 Å². The first-order chi connectivity index (χ1) is 28.2. The Labute approximate surface area is 329 Å². The fraction of sp³-hybridized carbons (Fsp3) is 0. The van der Waals surface area contributed by atoms with E-state index in [9.17, 15) is 0 Å². The first-order valence-corrected chi connectivity index (χ1v) is 19.2. The highest BCUT2D eigenvalue weighted by Gasteiger charge is 2.19. The van der Waals surface area contributed by atoms with Gasteiger partial charge in [0.15, 0.2) is 17.5 Å². The van der Waals surface area contributed by atoms with Gasteiger partial charge in [-0.05, 0) is 91.3 Å². The van der Waals surface area contributed by atoms with Crippen LogP contribution in [0.2, 0.25) is 0 Å². The number of nitrogens with zero attached hydrogens (tertiary/aromatic N) is 3. The molecule has 0 atom stereocenters. The summed E-state index contributed by atoms with van der Waals surface area (Å²) in [6, 6.07) is 70.0. The highest BCUT2D eigenvalue weighted by molar-refractivity contribution is 6.12. The lowest BCUT2D eigenvalue weighted by Crippen LogP contribution is -2.00. The Morgan fingerprint density at radius 3 is 1.46 bits per heavy atom. The number of furan rings is 1. The third kappa shape index (κ3) is 6.01. The topological polar surface area (TPSA) is 51.8 Å². The molecule has 57 heavy (non-hydrogen) atoms. The summed E-state index contributed by atoms with van der Waals surface area (Å²) in [6.07, 6.45) is 0. The van der Waals surface area contributed by atoms with Crippen LogP contribution in [0.5, 0.6) is 0 Å². The van der Waals surface area contributed by atoms with Gasteiger partial charge in [0.2, 0.25) is 0 Å². The molecular formula is C53H33N3O. The molecule has 0 aliphatic heterocycles. The Morgan fingerprint density at radius 2 is 0.754 bits per heavy atom. The molecule has 11 rings (SSSR count). The molecule has 0 spiro atoms. The number of benzene rings is 9. The molecule has 0 fully saturated rings. The molecule has 0 bridgehead atoms. The van der Waals surface area contributed by atoms with Gasteiger partial charge < -0.3 is 4.42 Å². The molecule has 0 aliphatic carbocycles. The normalized spacial score (nSPS) is 11.5. The molecule has 0 unspecified atom stereocenters. The van der Waals surface area contributed by atoms with Crippen molar-refractivity contribution in [1.82, 2.24) is 15.0 Å². The SMILES string of the molecule is c1ccc(-c2ccc(-c3ccc4c(c3)oc3cccc(-c5nc(-c6ccc7ccccc7c6)nc(-c6ccc7ccc(-c8ccccc8)cc7c6)n5)c34)cc2)cc1. The van der Waals surface area contributed by atoms with Crippen LogP contribution in [0.3, 0.4) is 0 Å². The van der Waals surface area contributed by atoms with E-state index in [-0.39, 0.29) is 0 Å². The maximum Gasteiger partial charge on any atom is 0.164 e. The third-order valence-electron chi connectivity index (χ3n) is 10.9. The van der Waals surface area contributed by atoms with Crippen molar-refractivity contribution in [3.63, 3.8) is 0 Å². The van der Waals surface area contributed by atoms with E-state index < -0.39 is 0 Å². The van der Waals surface area contributed by atoms with E-state index in [1.165, 1.54) is 27.6 Å². The van der Waals surface area contributed by atoms with Crippen molar-refractivity contribution in [3.05, 3.63) is 200 Å². The van der Waals surface area contributed by atoms with Crippen LogP contribution in [0.4, 0.5) is 0 Å². The van der Waals surface area contributed by atoms with Crippen LogP contribution < -0.4 is 0 Å². The monoisotopic (exact) mass is 727 g/mol. The van der Waals surface area contributed by atoms with Gasteiger partial charge in [-0.25, -0.2) is 15.0 Å². The van der Waals surface area contributed by atoms with Crippen LogP contribution in [-0.4, -0.2) is 15.0 Å². The average Bonchev–Trinajstić information content (AvgIpc) is 3.67. The Kier molecular flexibility index (Phi) is 7.78. The second-order valence-corrected chi connectivity index (χ2v) is 14.4. The molecule has 266 valence electrons. The maximum atomic E-state index is 6.57. The molecule has 4 nitrogen and oxygen atoms in total. The molecule has 0 N–H and O–H groups in total. The van der Waals surface area contributed by atoms with Gasteiger partial charge in [-0.2, -0.15) is 0 Å². The summed E-state index contributed by atoms with van der Waals surface area (Å²) in [5.74, 6) is 1.82. The van der Waals surface area contributed by atoms with Gasteiger partial charge in [-0.3, -0.25) is 0 Å². The third-order valence-corrected chi connectivity index (χ3v) is 10.9. The number of rotatable bonds is 6. The van der Waals surface area contributed by atoms with Crippen LogP contribution >= 0.6 is 0 Å². The van der Waals surface area contributed by atoms with E-state index in [4.69, 9.17) is 19.4 Å². The fourth-order valence-corrected chi connectivity index (χ4v) is 7.96. The highest BCUT2D eigenvalue weighted by Crippen LogP contribution is 2.39. The molecule has 0 radical (unpaired) electrons. The zero-order valence-corrected chi connectivity index (χ0v) is 30.8. The van der Waals surface area contributed by atoms with Gasteiger partial charge in [0, 0.05) is 27.5 Å². The largest absolute Gasteiger partial charge is 0.456 e. The minimum atomic E-state index is 0.593. The molecule has 0 saturated carbocycles. The zero-order chi connectivity index (χ0) is 37.7. The second kappa shape index (κ2) is 13.6. The average molecular weight is 728 g/mol. The molecule has 2 aromatic heterocycles. The predicted molar refractivity (Wildman–Crippen MR) is 235 cm³/mol. The van der Waals surface area contributed by atoms with Crippen molar-refractivity contribution in [2.24, 2.45) is 0 Å². The van der Waals surface area contributed by atoms with Gasteiger partial charge in [0.1, 0.15) is 11.2 Å². The highest BCUT2D eigenvalue weighted by atomic mass is 16.3. The number of fused-ring (bicyclic) bond motifs is 5. The summed E-state index contributed by atoms with van der Waals surface area (Å²) in [5.41, 5.74) is 11.3. The number of aromatic nitrogens is 3. The minimum absolute atomic E-state index is 0.593. The molecule has 0 aliphatic rings. The first-order valence-electron chi connectivity index (χ1n) is 19.2. The van der Waals surface area contributed by atoms with Crippen molar-refractivity contribution in [1.29, 1.82) is 0 Å². The lowest BCUT2D eigenvalue weighted by atomic mass is 9.99. The summed E-state index contributed by atoms with van der Waals surface area (Å²) in [6.45, 7) is 0. The van der Waals surface area contributed by atoms with Crippen molar-refractivity contribution in [2.75, 3.05) is 0 Å². The lowest BCUT2D eigenvalue weighted by Gasteiger charge is -2.11. The molecule has 9 aromatic carbocycles. The zero-order valence-electron chi connectivity index (χ0n) is 30.8. The van der Waals surface area contributed by atoms with Gasteiger partial charge in [-0.15, -0.1) is 0 Å². The molecule has 4 heteroatoms. The van der Waals surface area contributed by atoms with Gasteiger partial charge in [0.25, 0.3) is 0 Å². The summed E-state index contributed by atoms with van der Waals surface area (Å²) in [7, 11) is 0. The van der Waals surface area contributed by atoms with E-state index in [0.29, 0.717) is 17.5 Å². The Bertz CT molecular complexity index is 3280. The van der Waals surface area contributed by atoms with Gasteiger partial charge >= 0.3 is 0 Å². The first kappa shape index (κ1) is 32.7. The van der Waals surface area contributed by atoms with E-state index in [2.05, 4.69) is 176 Å². The number of hydrogen-bond acceptors (Lipinski definition) is 4. The van der Waals surface area contributed by atoms with E-state index >= 15 is 0 Å². The van der Waals surface area contributed by atoms with Crippen molar-refractivity contribution in [3.8, 4) is 67.5 Å². The van der Waals surface area contributed by atoms with Crippen LogP contribution in [0, 0.1) is 0 Å². The molecule has 0 amide bonds. The molecule has 2 heterocycles. The van der Waals surface area contributed by atoms with Gasteiger partial charge in [0.05, 0.1) is 0 Å². The smallest absolute Gasteiger partial charge is 0.164 e. The predicted octanol–water partition coefficient (Wildman–Crippen LogP) is 14.1. The summed E-state index contributed by atoms with van der Waals surface area (Å²) in [4.78, 5) is 15.6. The molecule has 0 saturated heterocycles. The van der Waals surface area contributed by atoms with E-state index in [1.807, 2.05) is 24.3 Å². The van der Waals surface area contributed by atoms with E-state index in [0.717, 1.165) is 65.9 Å². The molecule has 11 aromatic rings. The van der Waals surface area contributed by atoms with E-state index in [1.54, 1.807) is 0 Å². The fourth-order valence-electron chi connectivity index (χ4n) is 7.96. The van der Waals surface area contributed by atoms with Crippen LogP contribution in [0.1, 0.15) is 0 Å². The number of hydrogen-bond donors (Lipinski definition) is 0. The van der Waals surface area contributed by atoms with Crippen molar-refractivity contribution in [2.45, 2.75) is 0 Å². The summed E-state index contributed by atoms with van der Waals surface area (Å²) in [5, 5.41) is 6.57. The Morgan fingerprint density at radius 1 is 0.281 bits per heavy atom. The Hall–Kier alpha value is -7.69. The second-order valence-electron chi connectivity index (χ2n) is 14.4. The maximum absolute atomic E-state index is 6.57. The summed E-state index contributed by atoms with van der Waals surface area (Å²) >= 11 is 0. The molecular weight excluding hydrogens is 695 g/mol. The minimum Gasteiger partial charge on any atom is -0.456 e. The summed E-state index contributed by atoms with van der Waals surface area (Å²) < 4.78 is 6.57.